The van der Waals surface area contributed by atoms with Crippen LogP contribution in [0.2, 0.25) is 0 Å². The molecular weight excluding hydrogens is 1150 g/mol. The highest BCUT2D eigenvalue weighted by Crippen LogP contribution is 2.38. The predicted octanol–water partition coefficient (Wildman–Crippen LogP) is 10.9. The first-order valence-corrected chi connectivity index (χ1v) is 32.0. The first kappa shape index (κ1) is 77.0. The quantitative estimate of drug-likeness (QED) is 0.0500. The molecule has 0 fully saturated rings. The molecule has 0 aliphatic rings. The van der Waals surface area contributed by atoms with Crippen LogP contribution in [0.3, 0.4) is 0 Å². The molecule has 0 aliphatic heterocycles. The van der Waals surface area contributed by atoms with Gasteiger partial charge in [0, 0.05) is 78.0 Å². The molecular formula is C46H84F12N8O8S4. The van der Waals surface area contributed by atoms with Crippen molar-refractivity contribution in [1.82, 2.24) is 9.15 Å². The molecule has 464 valence electrons. The van der Waals surface area contributed by atoms with Crippen molar-refractivity contribution in [2.75, 3.05) is 98.1 Å². The molecule has 0 unspecified atom stereocenters. The van der Waals surface area contributed by atoms with Crippen molar-refractivity contribution in [2.45, 2.75) is 182 Å². The highest BCUT2D eigenvalue weighted by molar-refractivity contribution is 8.13. The van der Waals surface area contributed by atoms with Gasteiger partial charge in [-0.2, -0.15) is 52.7 Å². The molecule has 0 radical (unpaired) electrons. The number of rotatable bonds is 32. The van der Waals surface area contributed by atoms with Crippen LogP contribution in [-0.4, -0.2) is 134 Å². The first-order chi connectivity index (χ1) is 35.8. The summed E-state index contributed by atoms with van der Waals surface area (Å²) in [4.78, 5) is 10.6. The van der Waals surface area contributed by atoms with E-state index in [1.807, 2.05) is 0 Å². The second-order valence-electron chi connectivity index (χ2n) is 17.8. The third-order valence-electron chi connectivity index (χ3n) is 10.6. The van der Waals surface area contributed by atoms with Gasteiger partial charge in [0.25, 0.3) is 10.7 Å². The molecule has 0 saturated carbocycles. The Bertz CT molecular complexity index is 2170. The molecule has 78 heavy (non-hydrogen) atoms. The second kappa shape index (κ2) is 34.4. The van der Waals surface area contributed by atoms with E-state index in [1.54, 1.807) is 33.5 Å². The van der Waals surface area contributed by atoms with E-state index in [1.165, 1.54) is 156 Å². The molecule has 32 heteroatoms. The third kappa shape index (κ3) is 24.2. The zero-order valence-electron chi connectivity index (χ0n) is 47.0. The van der Waals surface area contributed by atoms with Gasteiger partial charge in [0.1, 0.15) is 48.9 Å². The van der Waals surface area contributed by atoms with Crippen LogP contribution in [0.5, 0.6) is 0 Å². The fourth-order valence-electron chi connectivity index (χ4n) is 7.79. The fourth-order valence-corrected chi connectivity index (χ4v) is 11.2. The molecule has 2 aromatic carbocycles. The predicted molar refractivity (Wildman–Crippen MR) is 287 cm³/mol. The van der Waals surface area contributed by atoms with Gasteiger partial charge in [0.05, 0.1) is 0 Å². The van der Waals surface area contributed by atoms with Crippen LogP contribution in [0.15, 0.2) is 0 Å². The Morgan fingerprint density at radius 3 is 0.538 bits per heavy atom. The molecule has 0 spiro atoms. The van der Waals surface area contributed by atoms with Crippen molar-refractivity contribution in [1.29, 1.82) is 0 Å². The Morgan fingerprint density at radius 1 is 0.295 bits per heavy atom. The Morgan fingerprint density at radius 2 is 0.436 bits per heavy atom. The smallest absolute Gasteiger partial charge is 0.421 e. The SMILES string of the molecule is CCCN(CCC)c1c(N(CCC)CCC)c1=[N+](CCC)CCC.CCCN(CCC)c1c(N(CCC)CCC)c1=[N+](CCC)CCC.O=S(=O)([N-]S(=O)(=O)C(F)(F)F)C(F)(F)F.O=S(=O)([N-]S(=O)(=O)C(F)(F)F)C(F)(F)F. The first-order valence-electron chi connectivity index (χ1n) is 26.3. The number of nitrogens with zero attached hydrogens (tertiary/aromatic N) is 8. The minimum Gasteiger partial charge on any atom is -0.421 e. The zero-order valence-corrected chi connectivity index (χ0v) is 50.2. The highest BCUT2D eigenvalue weighted by atomic mass is 32.3. The van der Waals surface area contributed by atoms with Crippen molar-refractivity contribution in [3.05, 3.63) is 19.0 Å². The van der Waals surface area contributed by atoms with Crippen molar-refractivity contribution in [3.63, 3.8) is 0 Å². The summed E-state index contributed by atoms with van der Waals surface area (Å²) in [5.41, 5.74) is -18.5. The Labute approximate surface area is 455 Å². The Balaban J connectivity index is 0. The molecule has 0 atom stereocenters. The molecule has 16 nitrogen and oxygen atoms in total. The standard InChI is InChI=1S/2C21H42N3.2C2F6NO4S2/c2*1-7-13-22(14-8-2)19-20(23(15-9-3)16-10-4)21(19)24(17-11-5)18-12-6;2*3-1(4,5)14(10,11)9-15(12,13)2(6,7)8/h2*7-18H2,1-6H3;;/q2*+1;2*-1. The van der Waals surface area contributed by atoms with Crippen LogP contribution in [0.25, 0.3) is 8.25 Å². The minimum atomic E-state index is -6.72. The fraction of sp³-hybridized carbons (Fsp3) is 0.870. The lowest BCUT2D eigenvalue weighted by Crippen LogP contribution is -2.31. The molecule has 0 amide bonds. The second-order valence-corrected chi connectivity index (χ2v) is 24.7. The molecule has 0 aromatic heterocycles. The minimum absolute atomic E-state index is 0.778. The van der Waals surface area contributed by atoms with Gasteiger partial charge in [0.2, 0.25) is 0 Å². The molecule has 0 N–H and O–H groups in total. The number of anilines is 4. The van der Waals surface area contributed by atoms with Crippen molar-refractivity contribution in [2.24, 2.45) is 0 Å². The molecule has 0 aliphatic carbocycles. The number of hydrogen-bond acceptors (Lipinski definition) is 12. The lowest BCUT2D eigenvalue weighted by Gasteiger charge is -2.22. The highest BCUT2D eigenvalue weighted by Gasteiger charge is 2.48. The maximum atomic E-state index is 11.4. The maximum Gasteiger partial charge on any atom is 0.480 e. The normalized spacial score (nSPS) is 12.8. The van der Waals surface area contributed by atoms with Gasteiger partial charge in [-0.05, 0) is 51.4 Å². The van der Waals surface area contributed by atoms with E-state index in [9.17, 15) is 86.4 Å². The summed E-state index contributed by atoms with van der Waals surface area (Å²) in [7, 11) is -26.9. The van der Waals surface area contributed by atoms with E-state index < -0.39 is 62.1 Å². The summed E-state index contributed by atoms with van der Waals surface area (Å²) in [5, 5.41) is 3.14. The van der Waals surface area contributed by atoms with E-state index in [4.69, 9.17) is 0 Å². The van der Waals surface area contributed by atoms with Crippen LogP contribution in [0.1, 0.15) is 160 Å². The van der Waals surface area contributed by atoms with E-state index >= 15 is 0 Å². The number of halogens is 12. The van der Waals surface area contributed by atoms with Crippen LogP contribution < -0.4 is 39.5 Å². The summed E-state index contributed by atoms with van der Waals surface area (Å²) in [6.45, 7) is 41.9. The van der Waals surface area contributed by atoms with Gasteiger partial charge in [0.15, 0.2) is 40.1 Å². The molecule has 0 heterocycles. The van der Waals surface area contributed by atoms with Crippen LogP contribution in [-0.2, 0) is 40.1 Å². The number of sulfonamides is 4. The van der Waals surface area contributed by atoms with Crippen LogP contribution in [0.4, 0.5) is 75.4 Å². The van der Waals surface area contributed by atoms with Crippen molar-refractivity contribution in [3.8, 4) is 0 Å². The maximum absolute atomic E-state index is 11.4. The van der Waals surface area contributed by atoms with Gasteiger partial charge in [-0.1, -0.05) is 83.1 Å². The Hall–Kier alpha value is -3.10. The summed E-state index contributed by atoms with van der Waals surface area (Å²) in [5.74, 6) is 0. The average molecular weight is 1230 g/mol. The van der Waals surface area contributed by atoms with Gasteiger partial charge in [-0.25, -0.2) is 42.8 Å². The molecule has 0 bridgehead atoms. The number of hydrogen-bond donors (Lipinski definition) is 0. The largest absolute Gasteiger partial charge is 0.480 e. The topological polar surface area (TPSA) is 184 Å². The lowest BCUT2D eigenvalue weighted by molar-refractivity contribution is -0.0456. The Kier molecular flexibility index (Phi) is 33.9. The van der Waals surface area contributed by atoms with E-state index in [2.05, 4.69) is 112 Å². The van der Waals surface area contributed by atoms with E-state index in [0.717, 1.165) is 8.25 Å². The average Bonchev–Trinajstić information content (AvgIpc) is 4.21. The molecule has 0 saturated heterocycles. The van der Waals surface area contributed by atoms with E-state index in [0.29, 0.717) is 0 Å². The van der Waals surface area contributed by atoms with Crippen LogP contribution in [0, 0.1) is 0 Å². The zero-order chi connectivity index (χ0) is 61.3. The molecule has 2 rings (SSSR count). The summed E-state index contributed by atoms with van der Waals surface area (Å²) >= 11 is 0. The summed E-state index contributed by atoms with van der Waals surface area (Å²) in [6.07, 6.45) is 14.8. The van der Waals surface area contributed by atoms with Gasteiger partial charge >= 0.3 is 22.0 Å². The summed E-state index contributed by atoms with van der Waals surface area (Å²) < 4.78 is 224. The lowest BCUT2D eigenvalue weighted by atomic mass is 10.3. The van der Waals surface area contributed by atoms with Gasteiger partial charge in [-0.3, -0.25) is 0 Å². The van der Waals surface area contributed by atoms with Crippen molar-refractivity contribution < 1.29 is 86.4 Å². The van der Waals surface area contributed by atoms with Crippen LogP contribution >= 0.6 is 0 Å². The number of alkyl halides is 12. The van der Waals surface area contributed by atoms with E-state index in [-0.39, 0.29) is 0 Å². The molecule has 2 aromatic rings. The third-order valence-corrected chi connectivity index (χ3v) is 16.1. The van der Waals surface area contributed by atoms with Crippen molar-refractivity contribution >= 4 is 62.8 Å². The monoisotopic (exact) mass is 1230 g/mol. The summed E-state index contributed by atoms with van der Waals surface area (Å²) in [6, 6.07) is 0. The van der Waals surface area contributed by atoms with Gasteiger partial charge < -0.3 is 27.9 Å². The van der Waals surface area contributed by atoms with Gasteiger partial charge in [-0.15, -0.1) is 0 Å².